The summed E-state index contributed by atoms with van der Waals surface area (Å²) in [5, 5.41) is 3.53. The monoisotopic (exact) mass is 370 g/mol. The number of benzene rings is 2. The Bertz CT molecular complexity index is 753. The van der Waals surface area contributed by atoms with Gasteiger partial charge in [-0.3, -0.25) is 9.69 Å². The number of rotatable bonds is 6. The van der Waals surface area contributed by atoms with Crippen LogP contribution in [0.2, 0.25) is 5.02 Å². The van der Waals surface area contributed by atoms with Crippen LogP contribution in [0.15, 0.2) is 54.6 Å². The van der Waals surface area contributed by atoms with Gasteiger partial charge in [0.1, 0.15) is 0 Å². The zero-order valence-electron chi connectivity index (χ0n) is 14.7. The van der Waals surface area contributed by atoms with E-state index in [1.54, 1.807) is 12.1 Å². The van der Waals surface area contributed by atoms with Gasteiger partial charge in [0.15, 0.2) is 0 Å². The van der Waals surface area contributed by atoms with Gasteiger partial charge in [0.05, 0.1) is 13.2 Å². The summed E-state index contributed by atoms with van der Waals surface area (Å²) < 4.78 is 5.37. The molecule has 0 spiro atoms. The normalized spacial score (nSPS) is 15.3. The molecule has 0 bridgehead atoms. The van der Waals surface area contributed by atoms with Gasteiger partial charge in [-0.25, -0.2) is 0 Å². The standard InChI is InChI=1S/C21H23ClN2O2/c22-20-4-2-1-3-19(20)9-10-21(25)23-15-17-5-7-18(8-6-17)16-24-11-13-26-14-12-24/h1-10H,11-16H2,(H,23,25)/b10-9+. The molecule has 0 unspecified atom stereocenters. The number of hydrogen-bond donors (Lipinski definition) is 1. The summed E-state index contributed by atoms with van der Waals surface area (Å²) in [4.78, 5) is 14.4. The molecule has 26 heavy (non-hydrogen) atoms. The molecule has 3 rings (SSSR count). The maximum absolute atomic E-state index is 12.0. The van der Waals surface area contributed by atoms with E-state index < -0.39 is 0 Å². The molecule has 1 saturated heterocycles. The SMILES string of the molecule is O=C(/C=C/c1ccccc1Cl)NCc1ccc(CN2CCOCC2)cc1. The highest BCUT2D eigenvalue weighted by Crippen LogP contribution is 2.16. The summed E-state index contributed by atoms with van der Waals surface area (Å²) in [5.41, 5.74) is 3.19. The van der Waals surface area contributed by atoms with Crippen molar-refractivity contribution in [2.45, 2.75) is 13.1 Å². The van der Waals surface area contributed by atoms with Crippen molar-refractivity contribution >= 4 is 23.6 Å². The summed E-state index contributed by atoms with van der Waals surface area (Å²) in [6.45, 7) is 5.03. The van der Waals surface area contributed by atoms with Gasteiger partial charge in [0.2, 0.25) is 5.91 Å². The van der Waals surface area contributed by atoms with E-state index in [0.717, 1.165) is 44.0 Å². The van der Waals surface area contributed by atoms with Crippen LogP contribution < -0.4 is 5.32 Å². The van der Waals surface area contributed by atoms with Crippen molar-refractivity contribution in [3.05, 3.63) is 76.3 Å². The van der Waals surface area contributed by atoms with E-state index in [9.17, 15) is 4.79 Å². The summed E-state index contributed by atoms with van der Waals surface area (Å²) in [6.07, 6.45) is 3.23. The molecule has 0 aliphatic carbocycles. The van der Waals surface area contributed by atoms with Crippen LogP contribution in [0.1, 0.15) is 16.7 Å². The lowest BCUT2D eigenvalue weighted by molar-refractivity contribution is -0.116. The Labute approximate surface area is 159 Å². The van der Waals surface area contributed by atoms with Gasteiger partial charge in [0, 0.05) is 37.3 Å². The van der Waals surface area contributed by atoms with Crippen molar-refractivity contribution in [2.75, 3.05) is 26.3 Å². The smallest absolute Gasteiger partial charge is 0.244 e. The molecular formula is C21H23ClN2O2. The molecular weight excluding hydrogens is 348 g/mol. The molecule has 5 heteroatoms. The number of amides is 1. The van der Waals surface area contributed by atoms with Gasteiger partial charge in [-0.15, -0.1) is 0 Å². The zero-order chi connectivity index (χ0) is 18.2. The second-order valence-corrected chi connectivity index (χ2v) is 6.68. The van der Waals surface area contributed by atoms with Crippen LogP contribution in [0.5, 0.6) is 0 Å². The molecule has 0 aromatic heterocycles. The van der Waals surface area contributed by atoms with E-state index in [4.69, 9.17) is 16.3 Å². The summed E-state index contributed by atoms with van der Waals surface area (Å²) in [5.74, 6) is -0.137. The number of nitrogens with one attached hydrogen (secondary N) is 1. The van der Waals surface area contributed by atoms with Gasteiger partial charge >= 0.3 is 0 Å². The Balaban J connectivity index is 1.46. The van der Waals surface area contributed by atoms with Gasteiger partial charge in [-0.05, 0) is 28.8 Å². The highest BCUT2D eigenvalue weighted by atomic mass is 35.5. The number of morpholine rings is 1. The number of carbonyl (C=O) groups is 1. The first-order chi connectivity index (χ1) is 12.7. The Kier molecular flexibility index (Phi) is 6.83. The Hall–Kier alpha value is -2.14. The first-order valence-electron chi connectivity index (χ1n) is 8.79. The molecule has 1 heterocycles. The number of nitrogens with zero attached hydrogens (tertiary/aromatic N) is 1. The molecule has 1 aliphatic heterocycles. The van der Waals surface area contributed by atoms with E-state index in [1.165, 1.54) is 11.6 Å². The third-order valence-corrected chi connectivity index (χ3v) is 4.66. The molecule has 1 aliphatic rings. The minimum atomic E-state index is -0.137. The molecule has 1 fully saturated rings. The van der Waals surface area contributed by atoms with E-state index >= 15 is 0 Å². The average molecular weight is 371 g/mol. The maximum Gasteiger partial charge on any atom is 0.244 e. The molecule has 1 amide bonds. The van der Waals surface area contributed by atoms with Crippen LogP contribution in [-0.4, -0.2) is 37.1 Å². The molecule has 2 aromatic carbocycles. The molecule has 2 aromatic rings. The highest BCUT2D eigenvalue weighted by Gasteiger charge is 2.10. The fraction of sp³-hybridized carbons (Fsp3) is 0.286. The quantitative estimate of drug-likeness (QED) is 0.791. The van der Waals surface area contributed by atoms with E-state index in [-0.39, 0.29) is 5.91 Å². The second-order valence-electron chi connectivity index (χ2n) is 6.28. The molecule has 1 N–H and O–H groups in total. The highest BCUT2D eigenvalue weighted by molar-refractivity contribution is 6.32. The number of hydrogen-bond acceptors (Lipinski definition) is 3. The van der Waals surface area contributed by atoms with Crippen LogP contribution in [-0.2, 0) is 22.6 Å². The fourth-order valence-corrected chi connectivity index (χ4v) is 3.00. The zero-order valence-corrected chi connectivity index (χ0v) is 15.4. The lowest BCUT2D eigenvalue weighted by Crippen LogP contribution is -2.35. The fourth-order valence-electron chi connectivity index (χ4n) is 2.80. The third-order valence-electron chi connectivity index (χ3n) is 4.32. The van der Waals surface area contributed by atoms with Gasteiger partial charge in [-0.2, -0.15) is 0 Å². The Morgan fingerprint density at radius 3 is 2.50 bits per heavy atom. The van der Waals surface area contributed by atoms with E-state index in [2.05, 4.69) is 34.5 Å². The number of halogens is 1. The van der Waals surface area contributed by atoms with Crippen molar-refractivity contribution < 1.29 is 9.53 Å². The van der Waals surface area contributed by atoms with E-state index in [1.807, 2.05) is 18.2 Å². The van der Waals surface area contributed by atoms with Gasteiger partial charge < -0.3 is 10.1 Å². The molecule has 136 valence electrons. The predicted octanol–water partition coefficient (Wildman–Crippen LogP) is 3.50. The maximum atomic E-state index is 12.0. The summed E-state index contributed by atoms with van der Waals surface area (Å²) >= 11 is 6.07. The second kappa shape index (κ2) is 9.53. The Morgan fingerprint density at radius 2 is 1.77 bits per heavy atom. The van der Waals surface area contributed by atoms with Crippen molar-refractivity contribution in [1.29, 1.82) is 0 Å². The average Bonchev–Trinajstić information content (AvgIpc) is 2.68. The number of ether oxygens (including phenoxy) is 1. The predicted molar refractivity (Wildman–Crippen MR) is 105 cm³/mol. The van der Waals surface area contributed by atoms with Crippen LogP contribution in [0.25, 0.3) is 6.08 Å². The van der Waals surface area contributed by atoms with Crippen LogP contribution >= 0.6 is 11.6 Å². The minimum absolute atomic E-state index is 0.137. The van der Waals surface area contributed by atoms with E-state index in [0.29, 0.717) is 11.6 Å². The Morgan fingerprint density at radius 1 is 1.08 bits per heavy atom. The molecule has 0 saturated carbocycles. The first-order valence-corrected chi connectivity index (χ1v) is 9.17. The first kappa shape index (κ1) is 18.6. The molecule has 0 atom stereocenters. The summed E-state index contributed by atoms with van der Waals surface area (Å²) in [7, 11) is 0. The lowest BCUT2D eigenvalue weighted by atomic mass is 10.1. The minimum Gasteiger partial charge on any atom is -0.379 e. The van der Waals surface area contributed by atoms with Crippen LogP contribution in [0.4, 0.5) is 0 Å². The van der Waals surface area contributed by atoms with Crippen LogP contribution in [0, 0.1) is 0 Å². The summed E-state index contributed by atoms with van der Waals surface area (Å²) in [6, 6.07) is 15.8. The van der Waals surface area contributed by atoms with Gasteiger partial charge in [0.25, 0.3) is 0 Å². The van der Waals surface area contributed by atoms with Crippen molar-refractivity contribution in [1.82, 2.24) is 10.2 Å². The number of carbonyl (C=O) groups excluding carboxylic acids is 1. The topological polar surface area (TPSA) is 41.6 Å². The lowest BCUT2D eigenvalue weighted by Gasteiger charge is -2.26. The van der Waals surface area contributed by atoms with Gasteiger partial charge in [-0.1, -0.05) is 54.1 Å². The molecule has 4 nitrogen and oxygen atoms in total. The largest absolute Gasteiger partial charge is 0.379 e. The van der Waals surface area contributed by atoms with Crippen LogP contribution in [0.3, 0.4) is 0 Å². The van der Waals surface area contributed by atoms with Crippen molar-refractivity contribution in [3.63, 3.8) is 0 Å². The molecule has 0 radical (unpaired) electrons. The van der Waals surface area contributed by atoms with Crippen molar-refractivity contribution in [3.8, 4) is 0 Å². The van der Waals surface area contributed by atoms with Crippen molar-refractivity contribution in [2.24, 2.45) is 0 Å². The third kappa shape index (κ3) is 5.70.